The standard InChI is InChI=1S/C7H19N3O.C2H7N/c8-2-4-10-6-5-9-3-1-7-11;1-3-2/h9-11H,1-8H2;3H,1-2H3. The predicted molar refractivity (Wildman–Crippen MR) is 61.5 cm³/mol. The summed E-state index contributed by atoms with van der Waals surface area (Å²) in [5, 5.41) is 17.5. The number of hydrogen-bond acceptors (Lipinski definition) is 5. The number of rotatable bonds is 8. The lowest BCUT2D eigenvalue weighted by Crippen LogP contribution is -2.31. The molecule has 14 heavy (non-hydrogen) atoms. The van der Waals surface area contributed by atoms with E-state index in [1.807, 2.05) is 14.1 Å². The second-order valence-electron chi connectivity index (χ2n) is 2.87. The highest BCUT2D eigenvalue weighted by Crippen LogP contribution is 1.69. The maximum absolute atomic E-state index is 8.43. The number of hydrogen-bond donors (Lipinski definition) is 5. The van der Waals surface area contributed by atoms with Crippen molar-refractivity contribution in [3.05, 3.63) is 0 Å². The van der Waals surface area contributed by atoms with E-state index in [1.54, 1.807) is 0 Å². The van der Waals surface area contributed by atoms with Crippen LogP contribution in [-0.4, -0.2) is 58.5 Å². The van der Waals surface area contributed by atoms with Gasteiger partial charge in [-0.15, -0.1) is 0 Å². The van der Waals surface area contributed by atoms with E-state index in [1.165, 1.54) is 0 Å². The van der Waals surface area contributed by atoms with Crippen LogP contribution in [-0.2, 0) is 0 Å². The SMILES string of the molecule is CNC.NCCNCCNCCCO. The predicted octanol–water partition coefficient (Wildman–Crippen LogP) is -1.66. The quantitative estimate of drug-likeness (QED) is 0.307. The molecule has 0 unspecified atom stereocenters. The molecule has 0 saturated carbocycles. The molecule has 0 aliphatic heterocycles. The van der Waals surface area contributed by atoms with Crippen LogP contribution in [0.5, 0.6) is 0 Å². The first-order chi connectivity index (χ1) is 6.83. The summed E-state index contributed by atoms with van der Waals surface area (Å²) < 4.78 is 0. The monoisotopic (exact) mass is 206 g/mol. The number of nitrogens with two attached hydrogens (primary N) is 1. The van der Waals surface area contributed by atoms with Crippen LogP contribution in [0.2, 0.25) is 0 Å². The molecule has 0 amide bonds. The molecule has 0 atom stereocenters. The summed E-state index contributed by atoms with van der Waals surface area (Å²) in [6, 6.07) is 0. The Balaban J connectivity index is 0. The number of aliphatic hydroxyl groups excluding tert-OH is 1. The fourth-order valence-electron chi connectivity index (χ4n) is 0.733. The maximum atomic E-state index is 8.43. The molecule has 6 N–H and O–H groups in total. The van der Waals surface area contributed by atoms with E-state index in [-0.39, 0.29) is 6.61 Å². The summed E-state index contributed by atoms with van der Waals surface area (Å²) in [5.74, 6) is 0. The Kier molecular flexibility index (Phi) is 21.5. The van der Waals surface area contributed by atoms with Crippen LogP contribution in [0.15, 0.2) is 0 Å². The van der Waals surface area contributed by atoms with Gasteiger partial charge in [-0.2, -0.15) is 0 Å². The van der Waals surface area contributed by atoms with Gasteiger partial charge < -0.3 is 26.8 Å². The summed E-state index contributed by atoms with van der Waals surface area (Å²) in [6.07, 6.45) is 0.830. The van der Waals surface area contributed by atoms with Crippen LogP contribution < -0.4 is 21.7 Å². The van der Waals surface area contributed by atoms with Gasteiger partial charge in [-0.05, 0) is 27.1 Å². The summed E-state index contributed by atoms with van der Waals surface area (Å²) in [5.41, 5.74) is 5.27. The van der Waals surface area contributed by atoms with Crippen LogP contribution in [0.25, 0.3) is 0 Å². The zero-order chi connectivity index (χ0) is 11.1. The number of nitrogens with one attached hydrogen (secondary N) is 3. The average Bonchev–Trinajstić information content (AvgIpc) is 2.18. The Morgan fingerprint density at radius 3 is 1.93 bits per heavy atom. The van der Waals surface area contributed by atoms with Crippen molar-refractivity contribution in [2.45, 2.75) is 6.42 Å². The fraction of sp³-hybridized carbons (Fsp3) is 1.00. The van der Waals surface area contributed by atoms with Gasteiger partial charge in [0.1, 0.15) is 0 Å². The second-order valence-corrected chi connectivity index (χ2v) is 2.87. The smallest absolute Gasteiger partial charge is 0.0443 e. The van der Waals surface area contributed by atoms with Gasteiger partial charge in [0, 0.05) is 32.8 Å². The third-order valence-corrected chi connectivity index (χ3v) is 1.31. The van der Waals surface area contributed by atoms with Crippen molar-refractivity contribution in [3.63, 3.8) is 0 Å². The van der Waals surface area contributed by atoms with Crippen LogP contribution in [0.1, 0.15) is 6.42 Å². The molecule has 0 aromatic heterocycles. The van der Waals surface area contributed by atoms with E-state index in [0.717, 1.165) is 32.6 Å². The van der Waals surface area contributed by atoms with E-state index in [2.05, 4.69) is 16.0 Å². The molecule has 0 aromatic carbocycles. The van der Waals surface area contributed by atoms with Gasteiger partial charge in [0.2, 0.25) is 0 Å². The zero-order valence-corrected chi connectivity index (χ0v) is 9.47. The van der Waals surface area contributed by atoms with Gasteiger partial charge in [0.05, 0.1) is 0 Å². The summed E-state index contributed by atoms with van der Waals surface area (Å²) in [6.45, 7) is 4.62. The van der Waals surface area contributed by atoms with Gasteiger partial charge in [-0.25, -0.2) is 0 Å². The van der Waals surface area contributed by atoms with Crippen LogP contribution in [0.4, 0.5) is 0 Å². The van der Waals surface area contributed by atoms with Crippen molar-refractivity contribution in [1.82, 2.24) is 16.0 Å². The molecule has 0 fully saturated rings. The third kappa shape index (κ3) is 22.6. The topological polar surface area (TPSA) is 82.3 Å². The Hall–Kier alpha value is -0.200. The molecule has 0 aromatic rings. The molecule has 5 nitrogen and oxygen atoms in total. The van der Waals surface area contributed by atoms with Crippen LogP contribution in [0.3, 0.4) is 0 Å². The Labute approximate surface area is 87.4 Å². The van der Waals surface area contributed by atoms with E-state index in [4.69, 9.17) is 10.8 Å². The normalized spacial score (nSPS) is 9.43. The molecular formula is C9H26N4O. The first-order valence-corrected chi connectivity index (χ1v) is 5.14. The maximum Gasteiger partial charge on any atom is 0.0443 e. The number of aliphatic hydroxyl groups is 1. The fourth-order valence-corrected chi connectivity index (χ4v) is 0.733. The van der Waals surface area contributed by atoms with Gasteiger partial charge >= 0.3 is 0 Å². The molecule has 0 aliphatic rings. The minimum absolute atomic E-state index is 0.267. The van der Waals surface area contributed by atoms with Gasteiger partial charge in [0.15, 0.2) is 0 Å². The molecule has 0 saturated heterocycles. The van der Waals surface area contributed by atoms with Crippen molar-refractivity contribution >= 4 is 0 Å². The van der Waals surface area contributed by atoms with E-state index in [0.29, 0.717) is 6.54 Å². The molecule has 0 spiro atoms. The van der Waals surface area contributed by atoms with Crippen LogP contribution >= 0.6 is 0 Å². The lowest BCUT2D eigenvalue weighted by Gasteiger charge is -2.03. The summed E-state index contributed by atoms with van der Waals surface area (Å²) in [7, 11) is 3.75. The van der Waals surface area contributed by atoms with Crippen LogP contribution in [0, 0.1) is 0 Å². The van der Waals surface area contributed by atoms with E-state index >= 15 is 0 Å². The zero-order valence-electron chi connectivity index (χ0n) is 9.47. The lowest BCUT2D eigenvalue weighted by atomic mass is 10.4. The van der Waals surface area contributed by atoms with Crippen molar-refractivity contribution in [1.29, 1.82) is 0 Å². The largest absolute Gasteiger partial charge is 0.396 e. The second kappa shape index (κ2) is 18.6. The first kappa shape index (κ1) is 16.2. The van der Waals surface area contributed by atoms with Gasteiger partial charge in [-0.3, -0.25) is 0 Å². The molecule has 0 bridgehead atoms. The molecule has 0 aliphatic carbocycles. The van der Waals surface area contributed by atoms with E-state index in [9.17, 15) is 0 Å². The molecule has 88 valence electrons. The minimum atomic E-state index is 0.267. The van der Waals surface area contributed by atoms with Crippen molar-refractivity contribution in [2.75, 3.05) is 53.4 Å². The Morgan fingerprint density at radius 1 is 1.00 bits per heavy atom. The molecule has 5 heteroatoms. The van der Waals surface area contributed by atoms with E-state index < -0.39 is 0 Å². The first-order valence-electron chi connectivity index (χ1n) is 5.14. The van der Waals surface area contributed by atoms with Crippen molar-refractivity contribution in [2.24, 2.45) is 5.73 Å². The van der Waals surface area contributed by atoms with Crippen molar-refractivity contribution in [3.8, 4) is 0 Å². The third-order valence-electron chi connectivity index (χ3n) is 1.31. The summed E-state index contributed by atoms with van der Waals surface area (Å²) >= 11 is 0. The average molecular weight is 206 g/mol. The molecular weight excluding hydrogens is 180 g/mol. The highest BCUT2D eigenvalue weighted by atomic mass is 16.3. The Bertz CT molecular complexity index is 75.2. The highest BCUT2D eigenvalue weighted by Gasteiger charge is 1.85. The molecule has 0 heterocycles. The molecule has 0 radical (unpaired) electrons. The minimum Gasteiger partial charge on any atom is -0.396 e. The lowest BCUT2D eigenvalue weighted by molar-refractivity contribution is 0.286. The highest BCUT2D eigenvalue weighted by molar-refractivity contribution is 4.51. The molecule has 0 rings (SSSR count). The van der Waals surface area contributed by atoms with Crippen molar-refractivity contribution < 1.29 is 5.11 Å². The van der Waals surface area contributed by atoms with Gasteiger partial charge in [0.25, 0.3) is 0 Å². The Morgan fingerprint density at radius 2 is 1.50 bits per heavy atom. The van der Waals surface area contributed by atoms with Gasteiger partial charge in [-0.1, -0.05) is 0 Å². The summed E-state index contributed by atoms with van der Waals surface area (Å²) in [4.78, 5) is 0.